The summed E-state index contributed by atoms with van der Waals surface area (Å²) in [4.78, 5) is 0. The van der Waals surface area contributed by atoms with Gasteiger partial charge in [-0.25, -0.2) is 0 Å². The van der Waals surface area contributed by atoms with E-state index >= 15 is 0 Å². The SMILES string of the molecule is CCC[CH2][Sn].CCC[CH2][Sn]. The van der Waals surface area contributed by atoms with Crippen LogP contribution in [0.4, 0.5) is 0 Å². The van der Waals surface area contributed by atoms with Crippen molar-refractivity contribution in [3.8, 4) is 0 Å². The van der Waals surface area contributed by atoms with Crippen molar-refractivity contribution < 1.29 is 0 Å². The second kappa shape index (κ2) is 16.9. The fourth-order valence-electron chi connectivity index (χ4n) is 0.354. The van der Waals surface area contributed by atoms with E-state index < -0.39 is 0 Å². The van der Waals surface area contributed by atoms with E-state index in [1.807, 2.05) is 0 Å². The van der Waals surface area contributed by atoms with Crippen LogP contribution in [0, 0.1) is 0 Å². The molecule has 6 radical (unpaired) electrons. The molecule has 0 saturated heterocycles. The van der Waals surface area contributed by atoms with Crippen LogP contribution in [0.25, 0.3) is 0 Å². The minimum atomic E-state index is 1.37. The van der Waals surface area contributed by atoms with Gasteiger partial charge in [-0.2, -0.15) is 0 Å². The molecule has 0 aliphatic carbocycles. The Bertz CT molecular complexity index is 28.2. The Labute approximate surface area is 92.7 Å². The second-order valence-electron chi connectivity index (χ2n) is 2.21. The zero-order valence-corrected chi connectivity index (χ0v) is 13.0. The van der Waals surface area contributed by atoms with Gasteiger partial charge in [0.05, 0.1) is 0 Å². The number of rotatable bonds is 4. The predicted octanol–water partition coefficient (Wildman–Crippen LogP) is 2.75. The second-order valence-corrected chi connectivity index (χ2v) is 5.06. The molecule has 0 nitrogen and oxygen atoms in total. The van der Waals surface area contributed by atoms with Gasteiger partial charge in [0.2, 0.25) is 0 Å². The molecule has 0 aromatic heterocycles. The average Bonchev–Trinajstić information content (AvgIpc) is 1.93. The van der Waals surface area contributed by atoms with E-state index in [1.54, 1.807) is 45.0 Å². The van der Waals surface area contributed by atoms with Gasteiger partial charge in [-0.05, 0) is 0 Å². The van der Waals surface area contributed by atoms with E-state index in [-0.39, 0.29) is 0 Å². The molecule has 0 unspecified atom stereocenters. The summed E-state index contributed by atoms with van der Waals surface area (Å²) in [5.74, 6) is 0. The van der Waals surface area contributed by atoms with E-state index in [4.69, 9.17) is 0 Å². The molecule has 0 aromatic carbocycles. The summed E-state index contributed by atoms with van der Waals surface area (Å²) in [6.07, 6.45) is 5.59. The standard InChI is InChI=1S/2C4H9.2Sn/c2*1-3-4-2;;/h2*1,3-4H2,2H3;;. The van der Waals surface area contributed by atoms with Gasteiger partial charge in [-0.15, -0.1) is 0 Å². The number of hydrogen-bond donors (Lipinski definition) is 0. The van der Waals surface area contributed by atoms with Gasteiger partial charge in [-0.3, -0.25) is 0 Å². The van der Waals surface area contributed by atoms with E-state index in [1.165, 1.54) is 34.6 Å². The molecule has 0 atom stereocenters. The van der Waals surface area contributed by atoms with E-state index in [0.29, 0.717) is 0 Å². The van der Waals surface area contributed by atoms with Crippen molar-refractivity contribution in [1.82, 2.24) is 0 Å². The van der Waals surface area contributed by atoms with Gasteiger partial charge in [0.1, 0.15) is 0 Å². The van der Waals surface area contributed by atoms with Crippen LogP contribution in [0.3, 0.4) is 0 Å². The molecule has 58 valence electrons. The van der Waals surface area contributed by atoms with Crippen LogP contribution in [0.2, 0.25) is 8.87 Å². The Morgan fingerprint density at radius 2 is 1.10 bits per heavy atom. The molecule has 0 aliphatic rings. The molecule has 2 heteroatoms. The van der Waals surface area contributed by atoms with Crippen molar-refractivity contribution >= 4 is 45.0 Å². The van der Waals surface area contributed by atoms with Crippen molar-refractivity contribution in [2.45, 2.75) is 48.4 Å². The van der Waals surface area contributed by atoms with Crippen LogP contribution in [-0.2, 0) is 0 Å². The molecular formula is C8H18Sn2. The molecule has 10 heavy (non-hydrogen) atoms. The van der Waals surface area contributed by atoms with Gasteiger partial charge in [0, 0.05) is 0 Å². The normalized spacial score (nSPS) is 8.40. The molecule has 0 spiro atoms. The Morgan fingerprint density at radius 3 is 1.10 bits per heavy atom. The fourth-order valence-corrected chi connectivity index (χ4v) is 2.37. The third-order valence-corrected chi connectivity index (χ3v) is 3.08. The van der Waals surface area contributed by atoms with Gasteiger partial charge in [0.25, 0.3) is 0 Å². The topological polar surface area (TPSA) is 0 Å². The fraction of sp³-hybridized carbons (Fsp3) is 1.00. The Kier molecular flexibility index (Phi) is 23.9. The van der Waals surface area contributed by atoms with Crippen LogP contribution in [-0.4, -0.2) is 45.0 Å². The first kappa shape index (κ1) is 14.1. The molecular weight excluding hydrogens is 334 g/mol. The molecule has 0 amide bonds. The van der Waals surface area contributed by atoms with Gasteiger partial charge >= 0.3 is 93.5 Å². The zero-order valence-electron chi connectivity index (χ0n) is 7.24. The first-order valence-electron chi connectivity index (χ1n) is 4.12. The van der Waals surface area contributed by atoms with E-state index in [9.17, 15) is 0 Å². The average molecular weight is 352 g/mol. The Morgan fingerprint density at radius 1 is 0.800 bits per heavy atom. The van der Waals surface area contributed by atoms with Crippen molar-refractivity contribution in [1.29, 1.82) is 0 Å². The summed E-state index contributed by atoms with van der Waals surface area (Å²) in [5.41, 5.74) is 0. The van der Waals surface area contributed by atoms with E-state index in [2.05, 4.69) is 13.8 Å². The van der Waals surface area contributed by atoms with Crippen LogP contribution >= 0.6 is 0 Å². The molecule has 0 heterocycles. The van der Waals surface area contributed by atoms with Crippen molar-refractivity contribution in [3.05, 3.63) is 0 Å². The van der Waals surface area contributed by atoms with Gasteiger partial charge in [-0.1, -0.05) is 0 Å². The molecule has 0 rings (SSSR count). The van der Waals surface area contributed by atoms with Crippen LogP contribution in [0.1, 0.15) is 39.5 Å². The summed E-state index contributed by atoms with van der Waals surface area (Å²) < 4.78 is 2.87. The first-order valence-corrected chi connectivity index (χ1v) is 8.16. The molecule has 0 saturated carbocycles. The van der Waals surface area contributed by atoms with Crippen molar-refractivity contribution in [2.24, 2.45) is 0 Å². The van der Waals surface area contributed by atoms with Crippen LogP contribution in [0.15, 0.2) is 0 Å². The monoisotopic (exact) mass is 354 g/mol. The van der Waals surface area contributed by atoms with Crippen LogP contribution in [0.5, 0.6) is 0 Å². The van der Waals surface area contributed by atoms with Crippen molar-refractivity contribution in [2.75, 3.05) is 0 Å². The summed E-state index contributed by atoms with van der Waals surface area (Å²) >= 11 is 3.37. The molecule has 0 aromatic rings. The molecule has 0 fully saturated rings. The Hall–Kier alpha value is 1.60. The molecule has 0 N–H and O–H groups in total. The van der Waals surface area contributed by atoms with E-state index in [0.717, 1.165) is 0 Å². The summed E-state index contributed by atoms with van der Waals surface area (Å²) in [5, 5.41) is 0. The predicted molar refractivity (Wildman–Crippen MR) is 50.9 cm³/mol. The molecule has 0 aliphatic heterocycles. The minimum absolute atomic E-state index is 1.37. The maximum absolute atomic E-state index is 2.23. The van der Waals surface area contributed by atoms with Crippen molar-refractivity contribution in [3.63, 3.8) is 0 Å². The summed E-state index contributed by atoms with van der Waals surface area (Å²) in [6, 6.07) is 0. The maximum atomic E-state index is 2.23. The third-order valence-electron chi connectivity index (χ3n) is 1.06. The zero-order chi connectivity index (χ0) is 8.24. The van der Waals surface area contributed by atoms with Crippen LogP contribution < -0.4 is 0 Å². The third kappa shape index (κ3) is 22.6. The van der Waals surface area contributed by atoms with Gasteiger partial charge < -0.3 is 0 Å². The first-order chi connectivity index (χ1) is 4.83. The summed E-state index contributed by atoms with van der Waals surface area (Å²) in [6.45, 7) is 4.45. The quantitative estimate of drug-likeness (QED) is 0.683. The van der Waals surface area contributed by atoms with Gasteiger partial charge in [0.15, 0.2) is 0 Å². The number of unbranched alkanes of at least 4 members (excludes halogenated alkanes) is 2. The number of hydrogen-bond acceptors (Lipinski definition) is 0. The summed E-state index contributed by atoms with van der Waals surface area (Å²) in [7, 11) is 0. The Balaban J connectivity index is 0. The molecule has 0 bridgehead atoms.